The van der Waals surface area contributed by atoms with Gasteiger partial charge in [-0.05, 0) is 61.2 Å². The largest absolute Gasteiger partial charge is 0.435 e. The van der Waals surface area contributed by atoms with Gasteiger partial charge in [0.1, 0.15) is 5.82 Å². The molecule has 0 spiro atoms. The molecule has 0 aliphatic carbocycles. The topological polar surface area (TPSA) is 80.1 Å². The average molecular weight is 475 g/mol. The molecule has 0 atom stereocenters. The van der Waals surface area contributed by atoms with Crippen molar-refractivity contribution in [2.75, 3.05) is 13.1 Å². The molecule has 2 heterocycles. The third-order valence-electron chi connectivity index (χ3n) is 5.50. The van der Waals surface area contributed by atoms with E-state index in [0.29, 0.717) is 28.9 Å². The second kappa shape index (κ2) is 9.62. The second-order valence-electron chi connectivity index (χ2n) is 7.91. The minimum atomic E-state index is -4.94. The molecule has 1 aliphatic rings. The maximum Gasteiger partial charge on any atom is 0.435 e. The van der Waals surface area contributed by atoms with Crippen molar-refractivity contribution in [3.05, 3.63) is 76.9 Å². The number of halogens is 4. The van der Waals surface area contributed by atoms with Gasteiger partial charge in [0.05, 0.1) is 5.69 Å². The number of rotatable bonds is 5. The summed E-state index contributed by atoms with van der Waals surface area (Å²) in [6.45, 7) is 1.26. The molecule has 11 heteroatoms. The Bertz CT molecular complexity index is 1180. The molecule has 4 rings (SSSR count). The predicted octanol–water partition coefficient (Wildman–Crippen LogP) is 3.98. The van der Waals surface area contributed by atoms with E-state index in [1.807, 2.05) is 0 Å². The molecular formula is C23H21F4N5O2. The fourth-order valence-corrected chi connectivity index (χ4v) is 3.81. The van der Waals surface area contributed by atoms with E-state index in [-0.39, 0.29) is 18.1 Å². The number of hydrogen-bond acceptors (Lipinski definition) is 4. The van der Waals surface area contributed by atoms with Gasteiger partial charge in [-0.15, -0.1) is 5.10 Å². The van der Waals surface area contributed by atoms with Crippen molar-refractivity contribution < 1.29 is 27.2 Å². The lowest BCUT2D eigenvalue weighted by atomic mass is 10.1. The Kier molecular flexibility index (Phi) is 6.62. The number of piperidine rings is 1. The summed E-state index contributed by atoms with van der Waals surface area (Å²) in [5.41, 5.74) is -1.37. The van der Waals surface area contributed by atoms with Crippen LogP contribution in [0.2, 0.25) is 0 Å². The van der Waals surface area contributed by atoms with E-state index >= 15 is 0 Å². The summed E-state index contributed by atoms with van der Waals surface area (Å²) in [4.78, 5) is 27.1. The zero-order valence-corrected chi connectivity index (χ0v) is 18.0. The lowest BCUT2D eigenvalue weighted by molar-refractivity contribution is -0.143. The maximum absolute atomic E-state index is 13.8. The molecule has 3 aromatic rings. The van der Waals surface area contributed by atoms with Gasteiger partial charge in [-0.25, -0.2) is 9.07 Å². The first-order valence-corrected chi connectivity index (χ1v) is 10.7. The summed E-state index contributed by atoms with van der Waals surface area (Å²) in [5, 5.41) is 9.30. The summed E-state index contributed by atoms with van der Waals surface area (Å²) in [6.07, 6.45) is -1.96. The summed E-state index contributed by atoms with van der Waals surface area (Å²) in [5.74, 6) is -1.82. The highest BCUT2D eigenvalue weighted by Crippen LogP contribution is 2.32. The Morgan fingerprint density at radius 3 is 2.38 bits per heavy atom. The molecule has 0 bridgehead atoms. The Hall–Kier alpha value is -3.76. The van der Waals surface area contributed by atoms with E-state index in [2.05, 4.69) is 15.6 Å². The number of likely N-dealkylation sites (tertiary alicyclic amines) is 1. The van der Waals surface area contributed by atoms with Crippen molar-refractivity contribution in [1.29, 1.82) is 0 Å². The number of amides is 2. The van der Waals surface area contributed by atoms with Crippen LogP contribution in [0.4, 0.5) is 17.6 Å². The van der Waals surface area contributed by atoms with Crippen molar-refractivity contribution in [3.8, 4) is 5.69 Å². The highest BCUT2D eigenvalue weighted by atomic mass is 19.4. The van der Waals surface area contributed by atoms with Gasteiger partial charge in [-0.3, -0.25) is 9.59 Å². The van der Waals surface area contributed by atoms with Crippen LogP contribution in [0.25, 0.3) is 5.69 Å². The van der Waals surface area contributed by atoms with Crippen LogP contribution in [-0.2, 0) is 12.7 Å². The van der Waals surface area contributed by atoms with Gasteiger partial charge in [0.25, 0.3) is 11.8 Å². The average Bonchev–Trinajstić information content (AvgIpc) is 3.29. The molecule has 1 saturated heterocycles. The van der Waals surface area contributed by atoms with Crippen molar-refractivity contribution >= 4 is 11.8 Å². The van der Waals surface area contributed by atoms with Crippen LogP contribution in [0.1, 0.15) is 51.4 Å². The van der Waals surface area contributed by atoms with Gasteiger partial charge in [-0.1, -0.05) is 17.3 Å². The zero-order valence-electron chi connectivity index (χ0n) is 18.0. The molecule has 178 valence electrons. The molecule has 0 unspecified atom stereocenters. The van der Waals surface area contributed by atoms with Gasteiger partial charge in [-0.2, -0.15) is 13.2 Å². The van der Waals surface area contributed by atoms with Gasteiger partial charge < -0.3 is 10.2 Å². The third kappa shape index (κ3) is 5.08. The van der Waals surface area contributed by atoms with Gasteiger partial charge in [0.2, 0.25) is 0 Å². The normalized spacial score (nSPS) is 14.2. The van der Waals surface area contributed by atoms with E-state index in [4.69, 9.17) is 0 Å². The van der Waals surface area contributed by atoms with Gasteiger partial charge in [0, 0.05) is 25.2 Å². The number of aromatic nitrogens is 3. The highest BCUT2D eigenvalue weighted by molar-refractivity contribution is 5.95. The lowest BCUT2D eigenvalue weighted by Crippen LogP contribution is -2.35. The van der Waals surface area contributed by atoms with Crippen LogP contribution in [0.15, 0.2) is 48.5 Å². The number of carbonyl (C=O) groups is 2. The van der Waals surface area contributed by atoms with Crippen molar-refractivity contribution in [2.24, 2.45) is 0 Å². The second-order valence-corrected chi connectivity index (χ2v) is 7.91. The quantitative estimate of drug-likeness (QED) is 0.566. The van der Waals surface area contributed by atoms with E-state index in [9.17, 15) is 27.2 Å². The van der Waals surface area contributed by atoms with Crippen LogP contribution >= 0.6 is 0 Å². The molecule has 1 fully saturated rings. The van der Waals surface area contributed by atoms with Crippen molar-refractivity contribution in [3.63, 3.8) is 0 Å². The summed E-state index contributed by atoms with van der Waals surface area (Å²) < 4.78 is 54.9. The fourth-order valence-electron chi connectivity index (χ4n) is 3.81. The van der Waals surface area contributed by atoms with Crippen LogP contribution in [0.3, 0.4) is 0 Å². The molecule has 0 saturated carbocycles. The van der Waals surface area contributed by atoms with E-state index in [1.165, 1.54) is 0 Å². The minimum Gasteiger partial charge on any atom is -0.346 e. The van der Waals surface area contributed by atoms with Crippen molar-refractivity contribution in [2.45, 2.75) is 32.0 Å². The van der Waals surface area contributed by atoms with E-state index < -0.39 is 29.3 Å². The molecule has 2 amide bonds. The number of alkyl halides is 3. The maximum atomic E-state index is 13.8. The van der Waals surface area contributed by atoms with Crippen LogP contribution in [0.5, 0.6) is 0 Å². The van der Waals surface area contributed by atoms with E-state index in [0.717, 1.165) is 43.5 Å². The van der Waals surface area contributed by atoms with Gasteiger partial charge in [0.15, 0.2) is 11.4 Å². The van der Waals surface area contributed by atoms with Gasteiger partial charge >= 0.3 is 6.18 Å². The number of hydrogen-bond donors (Lipinski definition) is 1. The first-order valence-electron chi connectivity index (χ1n) is 10.7. The summed E-state index contributed by atoms with van der Waals surface area (Å²) >= 11 is 0. The summed E-state index contributed by atoms with van der Waals surface area (Å²) in [6, 6.07) is 10.8. The molecule has 1 N–H and O–H groups in total. The molecule has 1 aromatic heterocycles. The molecule has 34 heavy (non-hydrogen) atoms. The molecule has 0 radical (unpaired) electrons. The Balaban J connectivity index is 1.51. The van der Waals surface area contributed by atoms with Crippen LogP contribution in [0, 0.1) is 5.82 Å². The molecular weight excluding hydrogens is 454 g/mol. The standard InChI is InChI=1S/C23H21F4N5O2/c24-17-7-9-18(10-8-17)32-20(23(25,26)27)19(29-30-32)21(33)28-14-15-5-4-6-16(13-15)22(34)31-11-2-1-3-12-31/h4-10,13H,1-3,11-12,14H2,(H,28,33). The fraction of sp³-hybridized carbons (Fsp3) is 0.304. The van der Waals surface area contributed by atoms with Crippen LogP contribution < -0.4 is 5.32 Å². The molecule has 2 aromatic carbocycles. The first-order chi connectivity index (χ1) is 16.2. The van der Waals surface area contributed by atoms with E-state index in [1.54, 1.807) is 29.2 Å². The SMILES string of the molecule is O=C(NCc1cccc(C(=O)N2CCCCC2)c1)c1nnn(-c2ccc(F)cc2)c1C(F)(F)F. The summed E-state index contributed by atoms with van der Waals surface area (Å²) in [7, 11) is 0. The number of nitrogens with zero attached hydrogens (tertiary/aromatic N) is 4. The lowest BCUT2D eigenvalue weighted by Gasteiger charge is -2.26. The number of nitrogens with one attached hydrogen (secondary N) is 1. The predicted molar refractivity (Wildman–Crippen MR) is 114 cm³/mol. The highest BCUT2D eigenvalue weighted by Gasteiger charge is 2.42. The number of benzene rings is 2. The first kappa shape index (κ1) is 23.4. The van der Waals surface area contributed by atoms with Crippen LogP contribution in [-0.4, -0.2) is 44.8 Å². The third-order valence-corrected chi connectivity index (χ3v) is 5.50. The number of carbonyl (C=O) groups excluding carboxylic acids is 2. The van der Waals surface area contributed by atoms with Crippen molar-refractivity contribution in [1.82, 2.24) is 25.2 Å². The Morgan fingerprint density at radius 2 is 1.71 bits per heavy atom. The smallest absolute Gasteiger partial charge is 0.346 e. The minimum absolute atomic E-state index is 0.0933. The monoisotopic (exact) mass is 475 g/mol. The zero-order chi connectivity index (χ0) is 24.3. The Labute approximate surface area is 192 Å². The Morgan fingerprint density at radius 1 is 1.00 bits per heavy atom. The molecule has 7 nitrogen and oxygen atoms in total. The molecule has 1 aliphatic heterocycles.